The van der Waals surface area contributed by atoms with Gasteiger partial charge < -0.3 is 9.80 Å². The Kier molecular flexibility index (Phi) is 6.35. The van der Waals surface area contributed by atoms with Crippen LogP contribution in [-0.4, -0.2) is 47.8 Å². The Morgan fingerprint density at radius 3 is 1.94 bits per heavy atom. The van der Waals surface area contributed by atoms with Crippen molar-refractivity contribution < 1.29 is 18.4 Å². The van der Waals surface area contributed by atoms with Crippen molar-refractivity contribution in [3.8, 4) is 0 Å². The van der Waals surface area contributed by atoms with Gasteiger partial charge in [-0.1, -0.05) is 25.0 Å². The summed E-state index contributed by atoms with van der Waals surface area (Å²) in [7, 11) is 0. The summed E-state index contributed by atoms with van der Waals surface area (Å²) in [5.74, 6) is -0.609. The molecule has 4 rings (SSSR count). The van der Waals surface area contributed by atoms with Crippen molar-refractivity contribution in [3.63, 3.8) is 0 Å². The monoisotopic (exact) mass is 426 g/mol. The Bertz CT molecular complexity index is 922. The predicted octanol–water partition coefficient (Wildman–Crippen LogP) is 4.44. The molecule has 1 saturated heterocycles. The van der Waals surface area contributed by atoms with Gasteiger partial charge in [0, 0.05) is 31.7 Å². The molecule has 1 aliphatic carbocycles. The van der Waals surface area contributed by atoms with Gasteiger partial charge in [0.05, 0.1) is 5.41 Å². The van der Waals surface area contributed by atoms with E-state index in [0.29, 0.717) is 44.6 Å². The van der Waals surface area contributed by atoms with Gasteiger partial charge in [-0.15, -0.1) is 0 Å². The van der Waals surface area contributed by atoms with Crippen LogP contribution in [0.2, 0.25) is 0 Å². The maximum atomic E-state index is 13.6. The highest BCUT2D eigenvalue weighted by Gasteiger charge is 2.43. The minimum atomic E-state index is -0.437. The van der Waals surface area contributed by atoms with Crippen LogP contribution < -0.4 is 0 Å². The summed E-state index contributed by atoms with van der Waals surface area (Å²) >= 11 is 0. The number of hydrogen-bond donors (Lipinski definition) is 0. The van der Waals surface area contributed by atoms with E-state index in [9.17, 15) is 18.4 Å². The Balaban J connectivity index is 1.44. The van der Waals surface area contributed by atoms with Gasteiger partial charge in [-0.3, -0.25) is 9.59 Å². The number of rotatable bonds is 4. The van der Waals surface area contributed by atoms with E-state index < -0.39 is 5.41 Å². The molecule has 0 unspecified atom stereocenters. The van der Waals surface area contributed by atoms with Gasteiger partial charge in [-0.05, 0) is 67.6 Å². The van der Waals surface area contributed by atoms with Crippen LogP contribution in [0.15, 0.2) is 48.5 Å². The van der Waals surface area contributed by atoms with Crippen molar-refractivity contribution in [2.45, 2.75) is 38.5 Å². The van der Waals surface area contributed by atoms with Gasteiger partial charge in [0.2, 0.25) is 5.91 Å². The van der Waals surface area contributed by atoms with Crippen LogP contribution in [-0.2, 0) is 11.2 Å². The topological polar surface area (TPSA) is 40.6 Å². The van der Waals surface area contributed by atoms with Gasteiger partial charge in [0.1, 0.15) is 11.6 Å². The lowest BCUT2D eigenvalue weighted by Gasteiger charge is -2.34. The number of halogens is 2. The molecule has 2 aromatic rings. The van der Waals surface area contributed by atoms with E-state index in [-0.39, 0.29) is 23.4 Å². The van der Waals surface area contributed by atoms with Crippen molar-refractivity contribution in [2.24, 2.45) is 5.41 Å². The molecule has 2 aliphatic rings. The largest absolute Gasteiger partial charge is 0.340 e. The Morgan fingerprint density at radius 1 is 0.742 bits per heavy atom. The minimum absolute atomic E-state index is 0.129. The second-order valence-electron chi connectivity index (χ2n) is 8.74. The number of carbonyl (C=O) groups excluding carboxylic acids is 2. The Labute approximate surface area is 181 Å². The average Bonchev–Trinajstić information content (AvgIpc) is 3.11. The second kappa shape index (κ2) is 9.16. The maximum Gasteiger partial charge on any atom is 0.253 e. The summed E-state index contributed by atoms with van der Waals surface area (Å²) < 4.78 is 26.5. The van der Waals surface area contributed by atoms with Gasteiger partial charge in [0.15, 0.2) is 0 Å². The first kappa shape index (κ1) is 21.5. The van der Waals surface area contributed by atoms with Crippen LogP contribution in [0.5, 0.6) is 0 Å². The third kappa shape index (κ3) is 4.78. The van der Waals surface area contributed by atoms with Crippen LogP contribution >= 0.6 is 0 Å². The molecule has 0 atom stereocenters. The summed E-state index contributed by atoms with van der Waals surface area (Å²) in [5, 5.41) is 0. The van der Waals surface area contributed by atoms with E-state index in [1.54, 1.807) is 17.0 Å². The third-order valence-corrected chi connectivity index (χ3v) is 6.63. The van der Waals surface area contributed by atoms with E-state index in [1.165, 1.54) is 36.4 Å². The van der Waals surface area contributed by atoms with E-state index in [0.717, 1.165) is 31.2 Å². The number of hydrogen-bond acceptors (Lipinski definition) is 2. The normalized spacial score (nSPS) is 18.6. The lowest BCUT2D eigenvalue weighted by molar-refractivity contribution is -0.141. The molecule has 0 radical (unpaired) electrons. The molecule has 1 saturated carbocycles. The van der Waals surface area contributed by atoms with Crippen molar-refractivity contribution in [1.29, 1.82) is 0 Å². The summed E-state index contributed by atoms with van der Waals surface area (Å²) in [6, 6.07) is 12.0. The Hall–Kier alpha value is -2.76. The van der Waals surface area contributed by atoms with E-state index >= 15 is 0 Å². The summed E-state index contributed by atoms with van der Waals surface area (Å²) in [5.41, 5.74) is 1.01. The smallest absolute Gasteiger partial charge is 0.253 e. The quantitative estimate of drug-likeness (QED) is 0.725. The van der Waals surface area contributed by atoms with E-state index in [1.807, 2.05) is 4.90 Å². The first-order chi connectivity index (χ1) is 15.0. The van der Waals surface area contributed by atoms with Gasteiger partial charge in [0.25, 0.3) is 5.91 Å². The van der Waals surface area contributed by atoms with Crippen LogP contribution in [0.3, 0.4) is 0 Å². The maximum absolute atomic E-state index is 13.6. The lowest BCUT2D eigenvalue weighted by atomic mass is 9.78. The van der Waals surface area contributed by atoms with Crippen molar-refractivity contribution >= 4 is 11.8 Å². The van der Waals surface area contributed by atoms with Crippen molar-refractivity contribution in [2.75, 3.05) is 26.2 Å². The van der Waals surface area contributed by atoms with Crippen LogP contribution in [0.25, 0.3) is 0 Å². The lowest BCUT2D eigenvalue weighted by Crippen LogP contribution is -2.45. The first-order valence-corrected chi connectivity index (χ1v) is 11.1. The highest BCUT2D eigenvalue weighted by molar-refractivity contribution is 5.94. The fourth-order valence-electron chi connectivity index (χ4n) is 4.95. The van der Waals surface area contributed by atoms with E-state index in [2.05, 4.69) is 0 Å². The molecule has 0 aromatic heterocycles. The van der Waals surface area contributed by atoms with Crippen LogP contribution in [0, 0.1) is 17.0 Å². The zero-order chi connectivity index (χ0) is 21.8. The minimum Gasteiger partial charge on any atom is -0.340 e. The molecule has 0 spiro atoms. The molecule has 31 heavy (non-hydrogen) atoms. The fraction of sp³-hybridized carbons (Fsp3) is 0.440. The SMILES string of the molecule is O=C(c1ccc(F)cc1)N1CCCN(C(=O)C2(Cc3ccc(F)cc3)CCCC2)CC1. The molecule has 2 aromatic carbocycles. The molecule has 1 aliphatic heterocycles. The third-order valence-electron chi connectivity index (χ3n) is 6.63. The predicted molar refractivity (Wildman–Crippen MR) is 115 cm³/mol. The average molecular weight is 427 g/mol. The summed E-state index contributed by atoms with van der Waals surface area (Å²) in [6.45, 7) is 2.16. The molecule has 164 valence electrons. The van der Waals surface area contributed by atoms with Crippen LogP contribution in [0.4, 0.5) is 8.78 Å². The Morgan fingerprint density at radius 2 is 1.29 bits per heavy atom. The highest BCUT2D eigenvalue weighted by atomic mass is 19.1. The fourth-order valence-corrected chi connectivity index (χ4v) is 4.95. The molecule has 2 fully saturated rings. The van der Waals surface area contributed by atoms with E-state index in [4.69, 9.17) is 0 Å². The summed E-state index contributed by atoms with van der Waals surface area (Å²) in [6.07, 6.45) is 5.08. The molecular formula is C25H28F2N2O2. The zero-order valence-electron chi connectivity index (χ0n) is 17.7. The molecule has 0 N–H and O–H groups in total. The van der Waals surface area contributed by atoms with Crippen molar-refractivity contribution in [1.82, 2.24) is 9.80 Å². The van der Waals surface area contributed by atoms with Gasteiger partial charge in [-0.25, -0.2) is 8.78 Å². The van der Waals surface area contributed by atoms with Crippen LogP contribution in [0.1, 0.15) is 48.0 Å². The first-order valence-electron chi connectivity index (χ1n) is 11.1. The second-order valence-corrected chi connectivity index (χ2v) is 8.74. The molecule has 6 heteroatoms. The molecule has 2 amide bonds. The molecule has 0 bridgehead atoms. The molecule has 4 nitrogen and oxygen atoms in total. The molecule has 1 heterocycles. The number of carbonyl (C=O) groups is 2. The molecular weight excluding hydrogens is 398 g/mol. The number of benzene rings is 2. The zero-order valence-corrected chi connectivity index (χ0v) is 17.7. The number of amides is 2. The standard InChI is InChI=1S/C25H28F2N2O2/c26-21-8-4-19(5-9-21)18-25(12-1-2-13-25)24(31)29-15-3-14-28(16-17-29)23(30)20-6-10-22(27)11-7-20/h4-11H,1-3,12-18H2. The highest BCUT2D eigenvalue weighted by Crippen LogP contribution is 2.42. The van der Waals surface area contributed by atoms with Gasteiger partial charge in [-0.2, -0.15) is 0 Å². The summed E-state index contributed by atoms with van der Waals surface area (Å²) in [4.78, 5) is 30.1. The van der Waals surface area contributed by atoms with Crippen molar-refractivity contribution in [3.05, 3.63) is 71.3 Å². The number of nitrogens with zero attached hydrogens (tertiary/aromatic N) is 2. The van der Waals surface area contributed by atoms with Gasteiger partial charge >= 0.3 is 0 Å².